The molecule has 1 fully saturated rings. The van der Waals surface area contributed by atoms with E-state index in [1.807, 2.05) is 0 Å². The Kier molecular flexibility index (Phi) is 7.47. The first kappa shape index (κ1) is 23.0. The van der Waals surface area contributed by atoms with E-state index in [4.69, 9.17) is 33.3 Å². The van der Waals surface area contributed by atoms with Crippen LogP contribution in [-0.4, -0.2) is 37.7 Å². The molecule has 1 aliphatic heterocycles. The number of carbonyl (C=O) groups excluding carboxylic acids is 1. The monoisotopic (exact) mass is 480 g/mol. The van der Waals surface area contributed by atoms with Crippen molar-refractivity contribution in [2.45, 2.75) is 25.7 Å². The molecular weight excluding hydrogens is 464 g/mol. The minimum atomic E-state index is -0.838. The van der Waals surface area contributed by atoms with Crippen molar-refractivity contribution in [2.24, 2.45) is 0 Å². The third-order valence-corrected chi connectivity index (χ3v) is 6.08. The zero-order valence-electron chi connectivity index (χ0n) is 16.1. The fourth-order valence-electron chi connectivity index (χ4n) is 2.98. The van der Waals surface area contributed by atoms with Gasteiger partial charge in [-0.15, -0.1) is 0 Å². The maximum atomic E-state index is 12.7. The lowest BCUT2D eigenvalue weighted by Crippen LogP contribution is -2.29. The van der Waals surface area contributed by atoms with E-state index in [1.165, 1.54) is 23.1 Å². The fraction of sp³-hybridized carbons (Fsp3) is 0.250. The van der Waals surface area contributed by atoms with Gasteiger partial charge in [-0.25, -0.2) is 0 Å². The van der Waals surface area contributed by atoms with E-state index < -0.39 is 10.9 Å². The average molecular weight is 481 g/mol. The quantitative estimate of drug-likeness (QED) is 0.168. The minimum Gasteiger partial charge on any atom is -0.481 e. The molecule has 2 heterocycles. The second-order valence-corrected chi connectivity index (χ2v) is 8.77. The second kappa shape index (κ2) is 10.1. The molecule has 1 N–H and O–H groups in total. The molecule has 1 aliphatic rings. The number of hydrogen-bond acceptors (Lipinski definition) is 7. The molecule has 1 aromatic carbocycles. The van der Waals surface area contributed by atoms with Gasteiger partial charge in [0, 0.05) is 30.1 Å². The van der Waals surface area contributed by atoms with Crippen LogP contribution in [0.25, 0.3) is 17.4 Å². The van der Waals surface area contributed by atoms with Gasteiger partial charge in [-0.05, 0) is 37.1 Å². The number of rotatable bonds is 9. The third-order valence-electron chi connectivity index (χ3n) is 4.47. The van der Waals surface area contributed by atoms with Crippen LogP contribution in [0.5, 0.6) is 0 Å². The molecule has 0 radical (unpaired) electrons. The predicted molar refractivity (Wildman–Crippen MR) is 122 cm³/mol. The summed E-state index contributed by atoms with van der Waals surface area (Å²) in [6.45, 7) is 0.419. The number of carbonyl (C=O) groups is 2. The number of amides is 1. The number of thioether (sulfide) groups is 1. The number of nitro benzene ring substituents is 1. The van der Waals surface area contributed by atoms with Crippen molar-refractivity contribution in [2.75, 3.05) is 6.54 Å². The maximum absolute atomic E-state index is 12.7. The van der Waals surface area contributed by atoms with Crippen molar-refractivity contribution in [1.82, 2.24) is 4.90 Å². The Balaban J connectivity index is 1.70. The number of halogens is 1. The molecule has 0 bridgehead atoms. The molecular formula is C20H17ClN2O6S2. The number of nitrogens with zero attached hydrogens (tertiary/aromatic N) is 2. The first-order chi connectivity index (χ1) is 14.8. The fourth-order valence-corrected chi connectivity index (χ4v) is 4.44. The lowest BCUT2D eigenvalue weighted by atomic mass is 10.1. The minimum absolute atomic E-state index is 0.102. The molecule has 0 unspecified atom stereocenters. The lowest BCUT2D eigenvalue weighted by Gasteiger charge is -2.13. The number of carboxylic acid groups (broad SMARTS) is 1. The molecule has 1 amide bonds. The van der Waals surface area contributed by atoms with Gasteiger partial charge in [0.15, 0.2) is 0 Å². The molecule has 31 heavy (non-hydrogen) atoms. The Bertz CT molecular complexity index is 1080. The standard InChI is InChI=1S/C20H17ClN2O6S2/c21-12-5-7-14(15(10-12)23(27)28)16-8-6-13(29-16)11-17-19(26)22(20(30)31-17)9-3-1-2-4-18(24)25/h5-8,10-11H,1-4,9H2,(H,24,25)/b17-11-. The average Bonchev–Trinajstić information content (AvgIpc) is 3.27. The highest BCUT2D eigenvalue weighted by Gasteiger charge is 2.32. The molecule has 3 rings (SSSR count). The number of nitro groups is 1. The molecule has 2 aromatic rings. The number of furan rings is 1. The van der Waals surface area contributed by atoms with Gasteiger partial charge in [0.05, 0.1) is 15.4 Å². The van der Waals surface area contributed by atoms with Crippen LogP contribution < -0.4 is 0 Å². The van der Waals surface area contributed by atoms with Crippen molar-refractivity contribution in [3.63, 3.8) is 0 Å². The van der Waals surface area contributed by atoms with Gasteiger partial charge >= 0.3 is 5.97 Å². The van der Waals surface area contributed by atoms with E-state index in [0.717, 1.165) is 11.8 Å². The van der Waals surface area contributed by atoms with Crippen LogP contribution in [0, 0.1) is 10.1 Å². The summed E-state index contributed by atoms with van der Waals surface area (Å²) in [6, 6.07) is 7.50. The lowest BCUT2D eigenvalue weighted by molar-refractivity contribution is -0.384. The van der Waals surface area contributed by atoms with Crippen LogP contribution in [0.2, 0.25) is 5.02 Å². The van der Waals surface area contributed by atoms with Gasteiger partial charge in [-0.2, -0.15) is 0 Å². The first-order valence-corrected chi connectivity index (χ1v) is 10.9. The van der Waals surface area contributed by atoms with E-state index in [1.54, 1.807) is 18.2 Å². The van der Waals surface area contributed by atoms with Gasteiger partial charge in [0.25, 0.3) is 11.6 Å². The van der Waals surface area contributed by atoms with Crippen LogP contribution in [0.15, 0.2) is 39.7 Å². The Labute approximate surface area is 192 Å². The van der Waals surface area contributed by atoms with Crippen LogP contribution in [0.1, 0.15) is 31.4 Å². The normalized spacial score (nSPS) is 15.1. The van der Waals surface area contributed by atoms with Crippen LogP contribution in [-0.2, 0) is 9.59 Å². The number of aliphatic carboxylic acids is 1. The van der Waals surface area contributed by atoms with E-state index in [0.29, 0.717) is 40.8 Å². The molecule has 0 aliphatic carbocycles. The largest absolute Gasteiger partial charge is 0.481 e. The van der Waals surface area contributed by atoms with Crippen molar-refractivity contribution in [3.8, 4) is 11.3 Å². The van der Waals surface area contributed by atoms with Crippen molar-refractivity contribution < 1.29 is 24.0 Å². The number of carboxylic acids is 1. The highest BCUT2D eigenvalue weighted by atomic mass is 35.5. The Morgan fingerprint density at radius 2 is 2.06 bits per heavy atom. The maximum Gasteiger partial charge on any atom is 0.303 e. The summed E-state index contributed by atoms with van der Waals surface area (Å²) in [4.78, 5) is 35.9. The Morgan fingerprint density at radius 3 is 2.77 bits per heavy atom. The summed E-state index contributed by atoms with van der Waals surface area (Å²) < 4.78 is 6.14. The molecule has 0 spiro atoms. The highest BCUT2D eigenvalue weighted by Crippen LogP contribution is 2.36. The van der Waals surface area contributed by atoms with Gasteiger partial charge in [-0.1, -0.05) is 42.0 Å². The second-order valence-electron chi connectivity index (χ2n) is 6.66. The van der Waals surface area contributed by atoms with Crippen LogP contribution in [0.3, 0.4) is 0 Å². The van der Waals surface area contributed by atoms with Gasteiger partial charge in [0.1, 0.15) is 15.8 Å². The van der Waals surface area contributed by atoms with E-state index in [2.05, 4.69) is 0 Å². The van der Waals surface area contributed by atoms with Gasteiger partial charge in [0.2, 0.25) is 0 Å². The van der Waals surface area contributed by atoms with Crippen LogP contribution >= 0.6 is 35.6 Å². The van der Waals surface area contributed by atoms with Gasteiger partial charge in [-0.3, -0.25) is 24.6 Å². The van der Waals surface area contributed by atoms with Crippen molar-refractivity contribution in [1.29, 1.82) is 0 Å². The highest BCUT2D eigenvalue weighted by molar-refractivity contribution is 8.26. The molecule has 1 aromatic heterocycles. The smallest absolute Gasteiger partial charge is 0.303 e. The molecule has 8 nitrogen and oxygen atoms in total. The molecule has 1 saturated heterocycles. The molecule has 162 valence electrons. The summed E-state index contributed by atoms with van der Waals surface area (Å²) in [5.74, 6) is -0.441. The zero-order chi connectivity index (χ0) is 22.5. The summed E-state index contributed by atoms with van der Waals surface area (Å²) in [5, 5.41) is 20.2. The van der Waals surface area contributed by atoms with E-state index >= 15 is 0 Å². The molecule has 0 atom stereocenters. The topological polar surface area (TPSA) is 114 Å². The van der Waals surface area contributed by atoms with Crippen LogP contribution in [0.4, 0.5) is 5.69 Å². The van der Waals surface area contributed by atoms with E-state index in [9.17, 15) is 19.7 Å². The van der Waals surface area contributed by atoms with Gasteiger partial charge < -0.3 is 9.52 Å². The number of unbranched alkanes of at least 4 members (excludes halogenated alkanes) is 2. The predicted octanol–water partition coefficient (Wildman–Crippen LogP) is 5.35. The summed E-state index contributed by atoms with van der Waals surface area (Å²) >= 11 is 12.3. The van der Waals surface area contributed by atoms with Crippen molar-refractivity contribution >= 4 is 63.5 Å². The Morgan fingerprint density at radius 1 is 1.29 bits per heavy atom. The molecule has 0 saturated carbocycles. The molecule has 11 heteroatoms. The number of thiocarbonyl (C=S) groups is 1. The number of benzene rings is 1. The van der Waals surface area contributed by atoms with E-state index in [-0.39, 0.29) is 34.4 Å². The summed E-state index contributed by atoms with van der Waals surface area (Å²) in [7, 11) is 0. The zero-order valence-corrected chi connectivity index (χ0v) is 18.5. The SMILES string of the molecule is O=C(O)CCCCCN1C(=O)/C(=C/c2ccc(-c3ccc(Cl)cc3[N+](=O)[O-])o2)SC1=S. The summed E-state index contributed by atoms with van der Waals surface area (Å²) in [6.07, 6.45) is 3.54. The van der Waals surface area contributed by atoms with Crippen molar-refractivity contribution in [3.05, 3.63) is 56.1 Å². The number of hydrogen-bond donors (Lipinski definition) is 1. The third kappa shape index (κ3) is 5.72. The first-order valence-electron chi connectivity index (χ1n) is 9.27. The summed E-state index contributed by atoms with van der Waals surface area (Å²) in [5.41, 5.74) is 0.102. The Hall–Kier alpha value is -2.69.